The van der Waals surface area contributed by atoms with Crippen molar-refractivity contribution >= 4 is 50.7 Å². The summed E-state index contributed by atoms with van der Waals surface area (Å²) in [6.07, 6.45) is 0.659. The molecular weight excluding hydrogens is 528 g/mol. The molecule has 0 unspecified atom stereocenters. The van der Waals surface area contributed by atoms with Gasteiger partial charge >= 0.3 is 0 Å². The minimum absolute atomic E-state index is 0.0675. The van der Waals surface area contributed by atoms with Crippen LogP contribution in [0, 0.1) is 0 Å². The van der Waals surface area contributed by atoms with Gasteiger partial charge in [-0.25, -0.2) is 8.42 Å². The monoisotopic (exact) mass is 550 g/mol. The Labute approximate surface area is 225 Å². The molecule has 4 aromatic rings. The Hall–Kier alpha value is -3.46. The first-order valence-corrected chi connectivity index (χ1v) is 14.2. The summed E-state index contributed by atoms with van der Waals surface area (Å²) in [6, 6.07) is 29.1. The molecule has 5 rings (SSSR count). The van der Waals surface area contributed by atoms with Gasteiger partial charge in [0.05, 0.1) is 21.3 Å². The third-order valence-corrected chi connectivity index (χ3v) is 9.02. The van der Waals surface area contributed by atoms with E-state index in [9.17, 15) is 13.2 Å². The molecule has 0 aromatic heterocycles. The molecule has 0 spiro atoms. The van der Waals surface area contributed by atoms with E-state index in [2.05, 4.69) is 5.32 Å². The fourth-order valence-electron chi connectivity index (χ4n) is 4.05. The van der Waals surface area contributed by atoms with E-state index in [0.29, 0.717) is 24.3 Å². The first-order chi connectivity index (χ1) is 17.9. The number of nitrogens with zero attached hydrogens (tertiary/aromatic N) is 1. The van der Waals surface area contributed by atoms with E-state index in [-0.39, 0.29) is 28.2 Å². The lowest BCUT2D eigenvalue weighted by Crippen LogP contribution is -2.29. The predicted molar refractivity (Wildman–Crippen MR) is 147 cm³/mol. The average molecular weight is 551 g/mol. The van der Waals surface area contributed by atoms with Crippen LogP contribution in [-0.4, -0.2) is 27.5 Å². The van der Waals surface area contributed by atoms with Crippen LogP contribution in [-0.2, 0) is 21.2 Å². The van der Waals surface area contributed by atoms with E-state index in [1.807, 2.05) is 72.8 Å². The van der Waals surface area contributed by atoms with Crippen LogP contribution < -0.4 is 14.4 Å². The molecule has 0 bridgehead atoms. The number of ether oxygens (including phenoxy) is 1. The number of carbonyl (C=O) groups is 1. The van der Waals surface area contributed by atoms with E-state index in [1.54, 1.807) is 17.8 Å². The van der Waals surface area contributed by atoms with Gasteiger partial charge in [0.25, 0.3) is 15.9 Å². The highest BCUT2D eigenvalue weighted by Crippen LogP contribution is 2.35. The molecule has 1 amide bonds. The maximum atomic E-state index is 13.3. The third-order valence-electron chi connectivity index (χ3n) is 5.83. The maximum absolute atomic E-state index is 13.3. The van der Waals surface area contributed by atoms with Gasteiger partial charge in [-0.05, 0) is 60.5 Å². The van der Waals surface area contributed by atoms with Crippen molar-refractivity contribution in [2.75, 3.05) is 22.8 Å². The van der Waals surface area contributed by atoms with Crippen molar-refractivity contribution in [3.63, 3.8) is 0 Å². The van der Waals surface area contributed by atoms with Crippen molar-refractivity contribution in [3.8, 4) is 5.75 Å². The van der Waals surface area contributed by atoms with Crippen molar-refractivity contribution < 1.29 is 17.9 Å². The second kappa shape index (κ2) is 10.9. The summed E-state index contributed by atoms with van der Waals surface area (Å²) in [4.78, 5) is 14.7. The van der Waals surface area contributed by atoms with Crippen molar-refractivity contribution in [2.24, 2.45) is 0 Å². The lowest BCUT2D eigenvalue weighted by Gasteiger charge is -2.20. The van der Waals surface area contributed by atoms with E-state index in [4.69, 9.17) is 16.3 Å². The highest BCUT2D eigenvalue weighted by molar-refractivity contribution is 7.99. The van der Waals surface area contributed by atoms with E-state index in [0.717, 1.165) is 15.4 Å². The van der Waals surface area contributed by atoms with Crippen molar-refractivity contribution in [1.82, 2.24) is 0 Å². The molecule has 1 heterocycles. The van der Waals surface area contributed by atoms with E-state index in [1.165, 1.54) is 22.5 Å². The number of hydrogen-bond acceptors (Lipinski definition) is 5. The van der Waals surface area contributed by atoms with Gasteiger partial charge < -0.3 is 10.1 Å². The maximum Gasteiger partial charge on any atom is 0.264 e. The predicted octanol–water partition coefficient (Wildman–Crippen LogP) is 6.26. The summed E-state index contributed by atoms with van der Waals surface area (Å²) in [5.41, 5.74) is 2.34. The Morgan fingerprint density at radius 2 is 1.68 bits per heavy atom. The van der Waals surface area contributed by atoms with Crippen LogP contribution in [0.4, 0.5) is 11.4 Å². The Morgan fingerprint density at radius 3 is 2.49 bits per heavy atom. The van der Waals surface area contributed by atoms with E-state index < -0.39 is 10.0 Å². The highest BCUT2D eigenvalue weighted by atomic mass is 35.5. The number of amides is 1. The first kappa shape index (κ1) is 25.2. The molecule has 1 aliphatic rings. The fourth-order valence-corrected chi connectivity index (χ4v) is 6.80. The van der Waals surface area contributed by atoms with Gasteiger partial charge in [-0.3, -0.25) is 9.10 Å². The minimum atomic E-state index is -3.78. The fraction of sp³-hybridized carbons (Fsp3) is 0.107. The van der Waals surface area contributed by atoms with E-state index >= 15 is 0 Å². The number of rotatable bonds is 8. The summed E-state index contributed by atoms with van der Waals surface area (Å²) in [7, 11) is -3.78. The van der Waals surface area contributed by atoms with Crippen LogP contribution in [0.1, 0.15) is 5.56 Å². The standard InChI is InChI=1S/C28H23ClN2O4S2/c29-23-18-22(37(33,34)31-17-16-20-8-4-6-12-25(20)31)14-15-26(23)35-19-28(32)30-24-11-5-7-13-27(24)36-21-9-2-1-3-10-21/h1-15,18H,16-17,19H2,(H,30,32). The van der Waals surface area contributed by atoms with Gasteiger partial charge in [0, 0.05) is 16.3 Å². The van der Waals surface area contributed by atoms with Gasteiger partial charge in [0.1, 0.15) is 5.75 Å². The summed E-state index contributed by atoms with van der Waals surface area (Å²) in [5, 5.41) is 2.98. The summed E-state index contributed by atoms with van der Waals surface area (Å²) < 4.78 is 33.5. The molecule has 37 heavy (non-hydrogen) atoms. The van der Waals surface area contributed by atoms with Crippen molar-refractivity contribution in [2.45, 2.75) is 21.1 Å². The van der Waals surface area contributed by atoms with Gasteiger partial charge in [-0.15, -0.1) is 0 Å². The van der Waals surface area contributed by atoms with Gasteiger partial charge in [0.2, 0.25) is 0 Å². The number of carbonyl (C=O) groups excluding carboxylic acids is 1. The largest absolute Gasteiger partial charge is 0.482 e. The quantitative estimate of drug-likeness (QED) is 0.280. The number of fused-ring (bicyclic) bond motifs is 1. The molecule has 0 aliphatic carbocycles. The molecule has 6 nitrogen and oxygen atoms in total. The molecule has 4 aromatic carbocycles. The van der Waals surface area contributed by atoms with Crippen LogP contribution in [0.15, 0.2) is 112 Å². The molecule has 0 radical (unpaired) electrons. The van der Waals surface area contributed by atoms with Crippen LogP contribution >= 0.6 is 23.4 Å². The minimum Gasteiger partial charge on any atom is -0.482 e. The van der Waals surface area contributed by atoms with Gasteiger partial charge in [-0.2, -0.15) is 0 Å². The smallest absolute Gasteiger partial charge is 0.264 e. The topological polar surface area (TPSA) is 75.7 Å². The number of benzene rings is 4. The molecule has 0 atom stereocenters. The molecule has 188 valence electrons. The van der Waals surface area contributed by atoms with Crippen LogP contribution in [0.2, 0.25) is 5.02 Å². The van der Waals surface area contributed by atoms with Gasteiger partial charge in [0.15, 0.2) is 6.61 Å². The van der Waals surface area contributed by atoms with Crippen LogP contribution in [0.5, 0.6) is 5.75 Å². The number of halogens is 1. The second-order valence-corrected chi connectivity index (χ2v) is 11.7. The average Bonchev–Trinajstić information content (AvgIpc) is 3.35. The molecule has 0 saturated heterocycles. The SMILES string of the molecule is O=C(COc1ccc(S(=O)(=O)N2CCc3ccccc32)cc1Cl)Nc1ccccc1Sc1ccccc1. The number of para-hydroxylation sites is 2. The normalized spacial score (nSPS) is 12.7. The zero-order chi connectivity index (χ0) is 25.8. The number of sulfonamides is 1. The number of anilines is 2. The number of nitrogens with one attached hydrogen (secondary N) is 1. The molecule has 1 N–H and O–H groups in total. The Bertz CT molecular complexity index is 1550. The van der Waals surface area contributed by atoms with Gasteiger partial charge in [-0.1, -0.05) is 71.9 Å². The first-order valence-electron chi connectivity index (χ1n) is 11.6. The third kappa shape index (κ3) is 5.61. The molecular formula is C28H23ClN2O4S2. The summed E-state index contributed by atoms with van der Waals surface area (Å²) >= 11 is 7.90. The lowest BCUT2D eigenvalue weighted by atomic mass is 10.2. The molecule has 9 heteroatoms. The van der Waals surface area contributed by atoms with Crippen LogP contribution in [0.3, 0.4) is 0 Å². The molecule has 0 saturated carbocycles. The Balaban J connectivity index is 1.24. The van der Waals surface area contributed by atoms with Crippen LogP contribution in [0.25, 0.3) is 0 Å². The number of hydrogen-bond donors (Lipinski definition) is 1. The zero-order valence-corrected chi connectivity index (χ0v) is 22.0. The zero-order valence-electron chi connectivity index (χ0n) is 19.6. The lowest BCUT2D eigenvalue weighted by molar-refractivity contribution is -0.118. The summed E-state index contributed by atoms with van der Waals surface area (Å²) in [5.74, 6) is -0.132. The second-order valence-electron chi connectivity index (χ2n) is 8.30. The Morgan fingerprint density at radius 1 is 0.946 bits per heavy atom. The highest BCUT2D eigenvalue weighted by Gasteiger charge is 2.31. The Kier molecular flexibility index (Phi) is 7.41. The molecule has 1 aliphatic heterocycles. The van der Waals surface area contributed by atoms with Crippen molar-refractivity contribution in [3.05, 3.63) is 108 Å². The van der Waals surface area contributed by atoms with Crippen molar-refractivity contribution in [1.29, 1.82) is 0 Å². The molecule has 0 fully saturated rings. The summed E-state index contributed by atoms with van der Waals surface area (Å²) in [6.45, 7) is 0.0947.